The summed E-state index contributed by atoms with van der Waals surface area (Å²) in [6.07, 6.45) is 8.24. The number of nitrogens with zero attached hydrogens (tertiary/aromatic N) is 1. The van der Waals surface area contributed by atoms with E-state index in [0.717, 1.165) is 45.1 Å². The molecule has 0 aromatic carbocycles. The zero-order valence-corrected chi connectivity index (χ0v) is 16.7. The smallest absolute Gasteiger partial charge is 0.191 e. The molecule has 1 saturated carbocycles. The molecule has 0 bridgehead atoms. The first-order chi connectivity index (χ1) is 12.7. The summed E-state index contributed by atoms with van der Waals surface area (Å²) in [4.78, 5) is 5.93. The Balaban J connectivity index is 1.59. The molecule has 1 atom stereocenters. The van der Waals surface area contributed by atoms with E-state index < -0.39 is 0 Å². The normalized spacial score (nSPS) is 26.0. The predicted molar refractivity (Wildman–Crippen MR) is 108 cm³/mol. The Hall–Kier alpha value is -1.11. The van der Waals surface area contributed by atoms with E-state index in [4.69, 9.17) is 4.74 Å². The highest BCUT2D eigenvalue weighted by atomic mass is 32.1. The summed E-state index contributed by atoms with van der Waals surface area (Å²) in [5, 5.41) is 18.7. The Kier molecular flexibility index (Phi) is 6.95. The van der Waals surface area contributed by atoms with E-state index in [0.29, 0.717) is 0 Å². The van der Waals surface area contributed by atoms with Crippen molar-refractivity contribution in [3.05, 3.63) is 22.4 Å². The fourth-order valence-electron chi connectivity index (χ4n) is 4.38. The summed E-state index contributed by atoms with van der Waals surface area (Å²) >= 11 is 1.88. The maximum Gasteiger partial charge on any atom is 0.191 e. The summed E-state index contributed by atoms with van der Waals surface area (Å²) in [5.41, 5.74) is 0.270. The van der Waals surface area contributed by atoms with Crippen molar-refractivity contribution in [2.45, 2.75) is 50.4 Å². The molecule has 1 aromatic heterocycles. The average Bonchev–Trinajstić information content (AvgIpc) is 3.36. The lowest BCUT2D eigenvalue weighted by Crippen LogP contribution is -2.49. The molecular weight excluding hydrogens is 346 g/mol. The Bertz CT molecular complexity index is 562. The molecule has 146 valence electrons. The van der Waals surface area contributed by atoms with Crippen LogP contribution in [-0.4, -0.2) is 51.0 Å². The van der Waals surface area contributed by atoms with Gasteiger partial charge < -0.3 is 20.5 Å². The van der Waals surface area contributed by atoms with Gasteiger partial charge in [0.1, 0.15) is 0 Å². The molecule has 1 aliphatic heterocycles. The standard InChI is InChI=1S/C20H33N3O2S/c1-21-18(22-14-19(9-11-24)10-12-25-16-19)23-15-20(7-3-2-4-8-20)17-6-5-13-26-17/h5-6,13,24H,2-4,7-12,14-16H2,1H3,(H2,21,22,23). The Morgan fingerprint density at radius 1 is 1.23 bits per heavy atom. The molecule has 26 heavy (non-hydrogen) atoms. The average molecular weight is 380 g/mol. The van der Waals surface area contributed by atoms with Crippen LogP contribution in [0.1, 0.15) is 49.8 Å². The molecule has 1 aromatic rings. The summed E-state index contributed by atoms with van der Waals surface area (Å²) < 4.78 is 5.59. The largest absolute Gasteiger partial charge is 0.396 e. The van der Waals surface area contributed by atoms with Crippen LogP contribution in [0.4, 0.5) is 0 Å². The number of thiophene rings is 1. The van der Waals surface area contributed by atoms with Crippen LogP contribution in [0.5, 0.6) is 0 Å². The number of aliphatic hydroxyl groups excluding tert-OH is 1. The molecule has 0 amide bonds. The molecule has 1 unspecified atom stereocenters. The molecule has 0 radical (unpaired) electrons. The van der Waals surface area contributed by atoms with E-state index in [-0.39, 0.29) is 17.4 Å². The van der Waals surface area contributed by atoms with Gasteiger partial charge in [-0.1, -0.05) is 25.3 Å². The number of guanidine groups is 1. The fraction of sp³-hybridized carbons (Fsp3) is 0.750. The van der Waals surface area contributed by atoms with Gasteiger partial charge in [0.25, 0.3) is 0 Å². The van der Waals surface area contributed by atoms with Gasteiger partial charge in [-0.3, -0.25) is 4.99 Å². The van der Waals surface area contributed by atoms with Gasteiger partial charge in [-0.25, -0.2) is 0 Å². The molecule has 5 nitrogen and oxygen atoms in total. The molecular formula is C20H33N3O2S. The molecule has 1 aliphatic carbocycles. The van der Waals surface area contributed by atoms with Crippen molar-refractivity contribution in [2.24, 2.45) is 10.4 Å². The lowest BCUT2D eigenvalue weighted by Gasteiger charge is -2.37. The van der Waals surface area contributed by atoms with Gasteiger partial charge in [0.15, 0.2) is 5.96 Å². The number of aliphatic imine (C=N–C) groups is 1. The molecule has 0 spiro atoms. The number of hydrogen-bond donors (Lipinski definition) is 3. The van der Waals surface area contributed by atoms with Gasteiger partial charge >= 0.3 is 0 Å². The maximum atomic E-state index is 9.40. The molecule has 2 aliphatic rings. The van der Waals surface area contributed by atoms with E-state index >= 15 is 0 Å². The minimum Gasteiger partial charge on any atom is -0.396 e. The van der Waals surface area contributed by atoms with Gasteiger partial charge in [-0.15, -0.1) is 11.3 Å². The lowest BCUT2D eigenvalue weighted by molar-refractivity contribution is 0.127. The first-order valence-electron chi connectivity index (χ1n) is 9.89. The first kappa shape index (κ1) is 19.6. The summed E-state index contributed by atoms with van der Waals surface area (Å²) in [6, 6.07) is 4.46. The van der Waals surface area contributed by atoms with Gasteiger partial charge in [0, 0.05) is 49.1 Å². The maximum absolute atomic E-state index is 9.40. The van der Waals surface area contributed by atoms with Gasteiger partial charge in [0.05, 0.1) is 6.61 Å². The third-order valence-corrected chi connectivity index (χ3v) is 7.25. The number of nitrogens with one attached hydrogen (secondary N) is 2. The van der Waals surface area contributed by atoms with E-state index in [1.165, 1.54) is 37.0 Å². The minimum atomic E-state index is 0.0304. The van der Waals surface area contributed by atoms with Crippen LogP contribution in [0, 0.1) is 5.41 Å². The Morgan fingerprint density at radius 2 is 2.04 bits per heavy atom. The van der Waals surface area contributed by atoms with Gasteiger partial charge in [-0.2, -0.15) is 0 Å². The monoisotopic (exact) mass is 379 g/mol. The lowest BCUT2D eigenvalue weighted by atomic mass is 9.73. The van der Waals surface area contributed by atoms with Crippen molar-refractivity contribution in [3.8, 4) is 0 Å². The highest BCUT2D eigenvalue weighted by Crippen LogP contribution is 2.41. The van der Waals surface area contributed by atoms with Crippen molar-refractivity contribution < 1.29 is 9.84 Å². The fourth-order valence-corrected chi connectivity index (χ4v) is 5.36. The van der Waals surface area contributed by atoms with Crippen LogP contribution in [0.2, 0.25) is 0 Å². The van der Waals surface area contributed by atoms with Crippen molar-refractivity contribution >= 4 is 17.3 Å². The van der Waals surface area contributed by atoms with Crippen LogP contribution in [0.15, 0.2) is 22.5 Å². The zero-order chi connectivity index (χ0) is 18.3. The van der Waals surface area contributed by atoms with Crippen molar-refractivity contribution in [2.75, 3.05) is 40.0 Å². The number of hydrogen-bond acceptors (Lipinski definition) is 4. The van der Waals surface area contributed by atoms with Crippen LogP contribution < -0.4 is 10.6 Å². The molecule has 2 heterocycles. The van der Waals surface area contributed by atoms with Crippen molar-refractivity contribution in [1.82, 2.24) is 10.6 Å². The van der Waals surface area contributed by atoms with E-state index in [1.54, 1.807) is 0 Å². The van der Waals surface area contributed by atoms with Crippen LogP contribution >= 0.6 is 11.3 Å². The summed E-state index contributed by atoms with van der Waals surface area (Å²) in [5.74, 6) is 0.857. The number of rotatable bonds is 7. The SMILES string of the molecule is CN=C(NCC1(CCO)CCOC1)NCC1(c2cccs2)CCCCC1. The topological polar surface area (TPSA) is 65.9 Å². The summed E-state index contributed by atoms with van der Waals surface area (Å²) in [6.45, 7) is 3.43. The third-order valence-electron chi connectivity index (χ3n) is 6.13. The second-order valence-electron chi connectivity index (χ2n) is 7.87. The van der Waals surface area contributed by atoms with Crippen LogP contribution in [-0.2, 0) is 10.2 Å². The van der Waals surface area contributed by atoms with Crippen LogP contribution in [0.25, 0.3) is 0 Å². The molecule has 3 N–H and O–H groups in total. The number of aliphatic hydroxyl groups is 1. The van der Waals surface area contributed by atoms with Gasteiger partial charge in [-0.05, 0) is 37.1 Å². The van der Waals surface area contributed by atoms with E-state index in [9.17, 15) is 5.11 Å². The quantitative estimate of drug-likeness (QED) is 0.503. The summed E-state index contributed by atoms with van der Waals surface area (Å²) in [7, 11) is 1.83. The second-order valence-corrected chi connectivity index (χ2v) is 8.82. The number of ether oxygens (including phenoxy) is 1. The minimum absolute atomic E-state index is 0.0304. The first-order valence-corrected chi connectivity index (χ1v) is 10.8. The third kappa shape index (κ3) is 4.59. The van der Waals surface area contributed by atoms with Crippen LogP contribution in [0.3, 0.4) is 0 Å². The van der Waals surface area contributed by atoms with Crippen molar-refractivity contribution in [3.63, 3.8) is 0 Å². The predicted octanol–water partition coefficient (Wildman–Crippen LogP) is 2.90. The van der Waals surface area contributed by atoms with Gasteiger partial charge in [0.2, 0.25) is 0 Å². The second kappa shape index (κ2) is 9.20. The molecule has 2 fully saturated rings. The zero-order valence-electron chi connectivity index (χ0n) is 15.9. The highest BCUT2D eigenvalue weighted by Gasteiger charge is 2.36. The van der Waals surface area contributed by atoms with Crippen molar-refractivity contribution in [1.29, 1.82) is 0 Å². The Morgan fingerprint density at radius 3 is 2.65 bits per heavy atom. The molecule has 1 saturated heterocycles. The highest BCUT2D eigenvalue weighted by molar-refractivity contribution is 7.10. The molecule has 6 heteroatoms. The molecule has 3 rings (SSSR count). The Labute approximate surface area is 161 Å². The van der Waals surface area contributed by atoms with E-state index in [2.05, 4.69) is 33.1 Å². The van der Waals surface area contributed by atoms with E-state index in [1.807, 2.05) is 18.4 Å².